The molecule has 7 nitrogen and oxygen atoms in total. The van der Waals surface area contributed by atoms with Crippen LogP contribution in [0.2, 0.25) is 0 Å². The first kappa shape index (κ1) is 14.8. The fourth-order valence-electron chi connectivity index (χ4n) is 3.53. The summed E-state index contributed by atoms with van der Waals surface area (Å²) in [5.41, 5.74) is 5.40. The van der Waals surface area contributed by atoms with Gasteiger partial charge in [-0.05, 0) is 30.0 Å². The highest BCUT2D eigenvalue weighted by Gasteiger charge is 2.26. The molecular formula is C19H15N5O2. The molecule has 1 amide bonds. The summed E-state index contributed by atoms with van der Waals surface area (Å²) < 4.78 is 6.66. The Hall–Kier alpha value is -3.48. The molecule has 0 bridgehead atoms. The SMILES string of the molecule is O=C(N[C@@H]1CCc2cc(-c3ccon3)ccc21)c1cnc2cnccn12. The largest absolute Gasteiger partial charge is 0.364 e. The van der Waals surface area contributed by atoms with Gasteiger partial charge in [0.2, 0.25) is 0 Å². The summed E-state index contributed by atoms with van der Waals surface area (Å²) in [5.74, 6) is -0.137. The van der Waals surface area contributed by atoms with Gasteiger partial charge in [0.25, 0.3) is 5.91 Å². The number of aryl methyl sites for hydroxylation is 1. The van der Waals surface area contributed by atoms with Crippen LogP contribution in [-0.4, -0.2) is 25.4 Å². The average Bonchev–Trinajstić information content (AvgIpc) is 3.41. The summed E-state index contributed by atoms with van der Waals surface area (Å²) in [7, 11) is 0. The van der Waals surface area contributed by atoms with Gasteiger partial charge in [0.1, 0.15) is 17.7 Å². The molecule has 128 valence electrons. The molecule has 26 heavy (non-hydrogen) atoms. The van der Waals surface area contributed by atoms with Crippen molar-refractivity contribution >= 4 is 11.6 Å². The second kappa shape index (κ2) is 5.80. The van der Waals surface area contributed by atoms with E-state index in [4.69, 9.17) is 4.52 Å². The van der Waals surface area contributed by atoms with E-state index in [-0.39, 0.29) is 11.9 Å². The van der Waals surface area contributed by atoms with E-state index in [0.29, 0.717) is 11.3 Å². The van der Waals surface area contributed by atoms with Gasteiger partial charge >= 0.3 is 0 Å². The Morgan fingerprint density at radius 3 is 3.12 bits per heavy atom. The third-order valence-electron chi connectivity index (χ3n) is 4.81. The van der Waals surface area contributed by atoms with Crippen LogP contribution >= 0.6 is 0 Å². The van der Waals surface area contributed by atoms with Gasteiger partial charge in [-0.15, -0.1) is 0 Å². The topological polar surface area (TPSA) is 85.3 Å². The number of nitrogens with zero attached hydrogens (tertiary/aromatic N) is 4. The molecule has 0 saturated heterocycles. The molecule has 1 N–H and O–H groups in total. The van der Waals surface area contributed by atoms with Gasteiger partial charge in [0.05, 0.1) is 18.4 Å². The number of carbonyl (C=O) groups is 1. The summed E-state index contributed by atoms with van der Waals surface area (Å²) in [4.78, 5) is 21.0. The minimum Gasteiger partial charge on any atom is -0.364 e. The van der Waals surface area contributed by atoms with Crippen LogP contribution in [0.3, 0.4) is 0 Å². The standard InChI is InChI=1S/C19H15N5O2/c25-19(17-10-21-18-11-20-6-7-24(17)18)22-16-4-2-12-9-13(1-3-14(12)16)15-5-8-26-23-15/h1,3,5-11,16H,2,4H2,(H,22,25)/t16-/m1/s1. The van der Waals surface area contributed by atoms with Gasteiger partial charge < -0.3 is 9.84 Å². The quantitative estimate of drug-likeness (QED) is 0.617. The van der Waals surface area contributed by atoms with Crippen LogP contribution in [0.15, 0.2) is 59.8 Å². The van der Waals surface area contributed by atoms with E-state index in [1.165, 1.54) is 5.56 Å². The number of hydrogen-bond acceptors (Lipinski definition) is 5. The zero-order valence-corrected chi connectivity index (χ0v) is 13.8. The fraction of sp³-hybridized carbons (Fsp3) is 0.158. The molecule has 0 spiro atoms. The zero-order valence-electron chi connectivity index (χ0n) is 13.8. The van der Waals surface area contributed by atoms with E-state index in [1.54, 1.807) is 35.5 Å². The smallest absolute Gasteiger partial charge is 0.270 e. The van der Waals surface area contributed by atoms with Crippen molar-refractivity contribution in [2.75, 3.05) is 0 Å². The predicted octanol–water partition coefficient (Wildman–Crippen LogP) is 2.80. The first-order valence-corrected chi connectivity index (χ1v) is 8.41. The number of fused-ring (bicyclic) bond motifs is 2. The molecular weight excluding hydrogens is 330 g/mol. The second-order valence-corrected chi connectivity index (χ2v) is 6.31. The van der Waals surface area contributed by atoms with Crippen LogP contribution in [0.1, 0.15) is 34.1 Å². The lowest BCUT2D eigenvalue weighted by atomic mass is 10.0. The van der Waals surface area contributed by atoms with E-state index in [0.717, 1.165) is 29.7 Å². The third kappa shape index (κ3) is 2.36. The first-order valence-electron chi connectivity index (χ1n) is 8.41. The van der Waals surface area contributed by atoms with Gasteiger partial charge in [-0.1, -0.05) is 17.3 Å². The molecule has 0 aliphatic heterocycles. The number of aromatic nitrogens is 4. The summed E-state index contributed by atoms with van der Waals surface area (Å²) in [5, 5.41) is 7.11. The molecule has 4 aromatic rings. The molecule has 7 heteroatoms. The fourth-order valence-corrected chi connectivity index (χ4v) is 3.53. The summed E-state index contributed by atoms with van der Waals surface area (Å²) in [6.07, 6.45) is 9.95. The van der Waals surface area contributed by atoms with Crippen LogP contribution in [0.25, 0.3) is 16.9 Å². The van der Waals surface area contributed by atoms with E-state index in [9.17, 15) is 4.79 Å². The molecule has 1 aliphatic carbocycles. The minimum absolute atomic E-state index is 0.00348. The lowest BCUT2D eigenvalue weighted by Crippen LogP contribution is -2.28. The molecule has 3 heterocycles. The molecule has 1 aliphatic rings. The summed E-state index contributed by atoms with van der Waals surface area (Å²) in [6.45, 7) is 0. The van der Waals surface area contributed by atoms with E-state index in [2.05, 4.69) is 32.6 Å². The highest BCUT2D eigenvalue weighted by atomic mass is 16.5. The van der Waals surface area contributed by atoms with Gasteiger partial charge in [-0.3, -0.25) is 14.2 Å². The third-order valence-corrected chi connectivity index (χ3v) is 4.81. The van der Waals surface area contributed by atoms with Gasteiger partial charge in [0, 0.05) is 24.0 Å². The highest BCUT2D eigenvalue weighted by molar-refractivity contribution is 5.93. The van der Waals surface area contributed by atoms with Gasteiger partial charge in [-0.25, -0.2) is 4.98 Å². The Bertz CT molecular complexity index is 1100. The lowest BCUT2D eigenvalue weighted by molar-refractivity contribution is 0.0931. The molecule has 0 radical (unpaired) electrons. The van der Waals surface area contributed by atoms with Crippen molar-refractivity contribution in [2.24, 2.45) is 0 Å². The predicted molar refractivity (Wildman–Crippen MR) is 93.5 cm³/mol. The van der Waals surface area contributed by atoms with E-state index in [1.807, 2.05) is 12.1 Å². The van der Waals surface area contributed by atoms with Crippen LogP contribution in [0.5, 0.6) is 0 Å². The number of amides is 1. The monoisotopic (exact) mass is 345 g/mol. The number of rotatable bonds is 3. The Labute approximate surface area is 148 Å². The van der Waals surface area contributed by atoms with Crippen LogP contribution in [0.4, 0.5) is 0 Å². The molecule has 5 rings (SSSR count). The van der Waals surface area contributed by atoms with Crippen LogP contribution in [-0.2, 0) is 6.42 Å². The Morgan fingerprint density at radius 2 is 2.23 bits per heavy atom. The normalized spacial score (nSPS) is 15.9. The maximum atomic E-state index is 12.7. The highest BCUT2D eigenvalue weighted by Crippen LogP contribution is 2.34. The summed E-state index contributed by atoms with van der Waals surface area (Å²) >= 11 is 0. The van der Waals surface area contributed by atoms with Crippen LogP contribution < -0.4 is 5.32 Å². The van der Waals surface area contributed by atoms with Crippen molar-refractivity contribution in [3.8, 4) is 11.3 Å². The van der Waals surface area contributed by atoms with E-state index >= 15 is 0 Å². The molecule has 3 aromatic heterocycles. The van der Waals surface area contributed by atoms with Crippen molar-refractivity contribution in [3.05, 3.63) is 72.1 Å². The number of imidazole rings is 1. The Morgan fingerprint density at radius 1 is 1.27 bits per heavy atom. The van der Waals surface area contributed by atoms with Gasteiger partial charge in [0.15, 0.2) is 5.65 Å². The molecule has 0 unspecified atom stereocenters. The maximum absolute atomic E-state index is 12.7. The molecule has 1 aromatic carbocycles. The number of nitrogens with one attached hydrogen (secondary N) is 1. The number of benzene rings is 1. The summed E-state index contributed by atoms with van der Waals surface area (Å²) in [6, 6.07) is 8.04. The van der Waals surface area contributed by atoms with Crippen molar-refractivity contribution in [1.29, 1.82) is 0 Å². The second-order valence-electron chi connectivity index (χ2n) is 6.31. The van der Waals surface area contributed by atoms with Crippen molar-refractivity contribution < 1.29 is 9.32 Å². The molecule has 1 atom stereocenters. The number of carbonyl (C=O) groups excluding carboxylic acids is 1. The zero-order chi connectivity index (χ0) is 17.5. The van der Waals surface area contributed by atoms with Crippen molar-refractivity contribution in [3.63, 3.8) is 0 Å². The Balaban J connectivity index is 1.41. The van der Waals surface area contributed by atoms with Crippen LogP contribution in [0, 0.1) is 0 Å². The minimum atomic E-state index is -0.137. The van der Waals surface area contributed by atoms with Gasteiger partial charge in [-0.2, -0.15) is 0 Å². The van der Waals surface area contributed by atoms with Crippen molar-refractivity contribution in [2.45, 2.75) is 18.9 Å². The molecule has 0 fully saturated rings. The first-order chi connectivity index (χ1) is 12.8. The lowest BCUT2D eigenvalue weighted by Gasteiger charge is -2.14. The number of hydrogen-bond donors (Lipinski definition) is 1. The average molecular weight is 345 g/mol. The van der Waals surface area contributed by atoms with E-state index < -0.39 is 0 Å². The Kier molecular flexibility index (Phi) is 3.31. The maximum Gasteiger partial charge on any atom is 0.270 e. The molecule has 0 saturated carbocycles. The van der Waals surface area contributed by atoms with Crippen molar-refractivity contribution in [1.82, 2.24) is 24.8 Å².